The molecule has 1 N–H and O–H groups in total. The summed E-state index contributed by atoms with van der Waals surface area (Å²) in [4.78, 5) is 0. The summed E-state index contributed by atoms with van der Waals surface area (Å²) in [7, 11) is 3.52. The summed E-state index contributed by atoms with van der Waals surface area (Å²) in [6.07, 6.45) is 0. The van der Waals surface area contributed by atoms with E-state index in [1.54, 1.807) is 7.11 Å². The number of aryl methyl sites for hydroxylation is 1. The van der Waals surface area contributed by atoms with Gasteiger partial charge in [-0.15, -0.1) is 0 Å². The Morgan fingerprint density at radius 2 is 2.11 bits per heavy atom. The number of nitrogens with zero attached hydrogens (tertiary/aromatic N) is 2. The van der Waals surface area contributed by atoms with E-state index in [1.165, 1.54) is 0 Å². The SMILES string of the molecule is CNCc1ccc(OCc2nonc2C)c(OC)c1. The molecule has 0 bridgehead atoms. The van der Waals surface area contributed by atoms with Crippen molar-refractivity contribution in [2.45, 2.75) is 20.1 Å². The van der Waals surface area contributed by atoms with Crippen LogP contribution in [0.15, 0.2) is 22.8 Å². The molecule has 6 nitrogen and oxygen atoms in total. The largest absolute Gasteiger partial charge is 0.493 e. The molecule has 0 unspecified atom stereocenters. The van der Waals surface area contributed by atoms with Crippen LogP contribution in [0.25, 0.3) is 0 Å². The lowest BCUT2D eigenvalue weighted by Gasteiger charge is -2.11. The van der Waals surface area contributed by atoms with Crippen molar-refractivity contribution in [1.29, 1.82) is 0 Å². The molecule has 6 heteroatoms. The first-order valence-electron chi connectivity index (χ1n) is 5.97. The van der Waals surface area contributed by atoms with E-state index in [0.717, 1.165) is 17.8 Å². The molecule has 0 saturated carbocycles. The summed E-state index contributed by atoms with van der Waals surface area (Å²) in [5, 5.41) is 10.6. The minimum absolute atomic E-state index is 0.303. The van der Waals surface area contributed by atoms with Gasteiger partial charge in [-0.05, 0) is 31.7 Å². The second-order valence-corrected chi connectivity index (χ2v) is 4.10. The van der Waals surface area contributed by atoms with Crippen LogP contribution in [0.5, 0.6) is 11.5 Å². The Morgan fingerprint density at radius 1 is 1.26 bits per heavy atom. The first-order valence-corrected chi connectivity index (χ1v) is 5.97. The summed E-state index contributed by atoms with van der Waals surface area (Å²) in [5.41, 5.74) is 2.54. The quantitative estimate of drug-likeness (QED) is 0.855. The third-order valence-corrected chi connectivity index (χ3v) is 2.72. The van der Waals surface area contributed by atoms with Gasteiger partial charge in [-0.25, -0.2) is 4.63 Å². The van der Waals surface area contributed by atoms with E-state index in [1.807, 2.05) is 32.2 Å². The number of rotatable bonds is 6. The molecular weight excluding hydrogens is 246 g/mol. The normalized spacial score (nSPS) is 10.5. The van der Waals surface area contributed by atoms with Crippen LogP contribution in [0.2, 0.25) is 0 Å². The second kappa shape index (κ2) is 6.19. The zero-order valence-corrected chi connectivity index (χ0v) is 11.3. The van der Waals surface area contributed by atoms with E-state index in [9.17, 15) is 0 Å². The Balaban J connectivity index is 2.09. The monoisotopic (exact) mass is 263 g/mol. The van der Waals surface area contributed by atoms with E-state index in [4.69, 9.17) is 9.47 Å². The first-order chi connectivity index (χ1) is 9.24. The van der Waals surface area contributed by atoms with Gasteiger partial charge in [0.2, 0.25) is 0 Å². The van der Waals surface area contributed by atoms with Crippen molar-refractivity contribution in [1.82, 2.24) is 15.6 Å². The highest BCUT2D eigenvalue weighted by atomic mass is 16.6. The maximum atomic E-state index is 5.68. The molecule has 1 heterocycles. The molecule has 0 aliphatic carbocycles. The molecule has 0 aliphatic rings. The lowest BCUT2D eigenvalue weighted by molar-refractivity contribution is 0.260. The van der Waals surface area contributed by atoms with Crippen molar-refractivity contribution < 1.29 is 14.1 Å². The minimum Gasteiger partial charge on any atom is -0.493 e. The molecule has 0 aliphatic heterocycles. The molecule has 2 aromatic rings. The minimum atomic E-state index is 0.303. The highest BCUT2D eigenvalue weighted by molar-refractivity contribution is 5.43. The van der Waals surface area contributed by atoms with Crippen LogP contribution < -0.4 is 14.8 Å². The Morgan fingerprint density at radius 3 is 2.74 bits per heavy atom. The second-order valence-electron chi connectivity index (χ2n) is 4.10. The molecule has 0 spiro atoms. The van der Waals surface area contributed by atoms with Gasteiger partial charge in [-0.1, -0.05) is 16.4 Å². The topological polar surface area (TPSA) is 69.4 Å². The number of ether oxygens (including phenoxy) is 2. The maximum Gasteiger partial charge on any atom is 0.161 e. The van der Waals surface area contributed by atoms with E-state index in [0.29, 0.717) is 23.8 Å². The zero-order chi connectivity index (χ0) is 13.7. The fourth-order valence-electron chi connectivity index (χ4n) is 1.67. The van der Waals surface area contributed by atoms with Gasteiger partial charge in [-0.3, -0.25) is 0 Å². The summed E-state index contributed by atoms with van der Waals surface area (Å²) >= 11 is 0. The molecular formula is C13H17N3O3. The fourth-order valence-corrected chi connectivity index (χ4v) is 1.67. The number of methoxy groups -OCH3 is 1. The lowest BCUT2D eigenvalue weighted by atomic mass is 10.2. The van der Waals surface area contributed by atoms with Crippen LogP contribution >= 0.6 is 0 Å². The van der Waals surface area contributed by atoms with Crippen LogP contribution in [-0.4, -0.2) is 24.5 Å². The van der Waals surface area contributed by atoms with Gasteiger partial charge >= 0.3 is 0 Å². The molecule has 0 fully saturated rings. The van der Waals surface area contributed by atoms with Crippen LogP contribution in [0.1, 0.15) is 17.0 Å². The van der Waals surface area contributed by atoms with Gasteiger partial charge < -0.3 is 14.8 Å². The Bertz CT molecular complexity index is 540. The van der Waals surface area contributed by atoms with E-state index >= 15 is 0 Å². The van der Waals surface area contributed by atoms with Crippen LogP contribution in [0.4, 0.5) is 0 Å². The van der Waals surface area contributed by atoms with Gasteiger partial charge in [0.15, 0.2) is 11.5 Å². The zero-order valence-electron chi connectivity index (χ0n) is 11.3. The van der Waals surface area contributed by atoms with Crippen LogP contribution in [0, 0.1) is 6.92 Å². The molecule has 0 atom stereocenters. The summed E-state index contributed by atoms with van der Waals surface area (Å²) in [6, 6.07) is 5.82. The number of hydrogen-bond acceptors (Lipinski definition) is 6. The van der Waals surface area contributed by atoms with Crippen molar-refractivity contribution in [2.75, 3.05) is 14.2 Å². The molecule has 0 saturated heterocycles. The third-order valence-electron chi connectivity index (χ3n) is 2.72. The van der Waals surface area contributed by atoms with Crippen molar-refractivity contribution in [3.05, 3.63) is 35.2 Å². The molecule has 2 rings (SSSR count). The smallest absolute Gasteiger partial charge is 0.161 e. The van der Waals surface area contributed by atoms with Gasteiger partial charge in [0.1, 0.15) is 18.0 Å². The predicted octanol–water partition coefficient (Wildman–Crippen LogP) is 1.69. The molecule has 1 aromatic heterocycles. The van der Waals surface area contributed by atoms with E-state index < -0.39 is 0 Å². The maximum absolute atomic E-state index is 5.68. The van der Waals surface area contributed by atoms with Gasteiger partial charge in [-0.2, -0.15) is 0 Å². The van der Waals surface area contributed by atoms with Crippen molar-refractivity contribution in [3.8, 4) is 11.5 Å². The number of nitrogens with one attached hydrogen (secondary N) is 1. The van der Waals surface area contributed by atoms with Crippen LogP contribution in [-0.2, 0) is 13.2 Å². The lowest BCUT2D eigenvalue weighted by Crippen LogP contribution is -2.05. The highest BCUT2D eigenvalue weighted by Crippen LogP contribution is 2.28. The summed E-state index contributed by atoms with van der Waals surface area (Å²) in [6.45, 7) is 2.91. The average molecular weight is 263 g/mol. The van der Waals surface area contributed by atoms with Crippen molar-refractivity contribution in [2.24, 2.45) is 0 Å². The Hall–Kier alpha value is -2.08. The van der Waals surface area contributed by atoms with Gasteiger partial charge in [0.05, 0.1) is 7.11 Å². The fraction of sp³-hybridized carbons (Fsp3) is 0.385. The highest BCUT2D eigenvalue weighted by Gasteiger charge is 2.09. The molecule has 0 radical (unpaired) electrons. The summed E-state index contributed by atoms with van der Waals surface area (Å²) in [5.74, 6) is 1.37. The van der Waals surface area contributed by atoms with Crippen molar-refractivity contribution >= 4 is 0 Å². The Kier molecular flexibility index (Phi) is 4.35. The number of aromatic nitrogens is 2. The number of hydrogen-bond donors (Lipinski definition) is 1. The molecule has 1 aromatic carbocycles. The van der Waals surface area contributed by atoms with E-state index in [-0.39, 0.29) is 0 Å². The number of benzene rings is 1. The molecule has 102 valence electrons. The average Bonchev–Trinajstić information content (AvgIpc) is 2.83. The molecule has 0 amide bonds. The molecule has 19 heavy (non-hydrogen) atoms. The van der Waals surface area contributed by atoms with Crippen molar-refractivity contribution in [3.63, 3.8) is 0 Å². The van der Waals surface area contributed by atoms with Gasteiger partial charge in [0.25, 0.3) is 0 Å². The third kappa shape index (κ3) is 3.23. The Labute approximate surface area is 111 Å². The first kappa shape index (κ1) is 13.4. The standard InChI is InChI=1S/C13H17N3O3/c1-9-11(16-19-15-9)8-18-12-5-4-10(7-14-2)6-13(12)17-3/h4-6,14H,7-8H2,1-3H3. The predicted molar refractivity (Wildman–Crippen MR) is 69.1 cm³/mol. The summed E-state index contributed by atoms with van der Waals surface area (Å²) < 4.78 is 15.6. The van der Waals surface area contributed by atoms with E-state index in [2.05, 4.69) is 20.3 Å². The van der Waals surface area contributed by atoms with Gasteiger partial charge in [0, 0.05) is 6.54 Å². The van der Waals surface area contributed by atoms with Crippen LogP contribution in [0.3, 0.4) is 0 Å².